The van der Waals surface area contributed by atoms with Crippen molar-refractivity contribution in [1.29, 1.82) is 0 Å². The molecule has 4 aliphatic rings. The monoisotopic (exact) mass is 288 g/mol. The predicted octanol–water partition coefficient (Wildman–Crippen LogP) is 3.88. The number of ketones is 1. The van der Waals surface area contributed by atoms with E-state index in [0.717, 1.165) is 38.0 Å². The maximum atomic E-state index is 11.8. The van der Waals surface area contributed by atoms with Crippen LogP contribution in [0.5, 0.6) is 0 Å². The van der Waals surface area contributed by atoms with Crippen molar-refractivity contribution in [3.8, 4) is 0 Å². The van der Waals surface area contributed by atoms with E-state index in [-0.39, 0.29) is 11.5 Å². The summed E-state index contributed by atoms with van der Waals surface area (Å²) in [6.45, 7) is 4.74. The zero-order chi connectivity index (χ0) is 14.8. The van der Waals surface area contributed by atoms with Gasteiger partial charge in [-0.05, 0) is 67.6 Å². The van der Waals surface area contributed by atoms with Gasteiger partial charge < -0.3 is 5.11 Å². The highest BCUT2D eigenvalue weighted by molar-refractivity contribution is 5.82. The smallest absolute Gasteiger partial charge is 0.137 e. The Morgan fingerprint density at radius 1 is 1.14 bits per heavy atom. The zero-order valence-corrected chi connectivity index (χ0v) is 13.4. The minimum atomic E-state index is -0.0887. The Kier molecular flexibility index (Phi) is 3.12. The summed E-state index contributed by atoms with van der Waals surface area (Å²) in [7, 11) is 0. The van der Waals surface area contributed by atoms with Crippen LogP contribution in [0.4, 0.5) is 0 Å². The van der Waals surface area contributed by atoms with Crippen LogP contribution in [0.3, 0.4) is 0 Å². The molecule has 0 aliphatic heterocycles. The highest BCUT2D eigenvalue weighted by atomic mass is 16.3. The van der Waals surface area contributed by atoms with E-state index in [0.29, 0.717) is 23.5 Å². The van der Waals surface area contributed by atoms with Crippen molar-refractivity contribution < 1.29 is 9.90 Å². The van der Waals surface area contributed by atoms with Crippen LogP contribution in [0, 0.1) is 29.1 Å². The van der Waals surface area contributed by atoms with Crippen LogP contribution in [0.2, 0.25) is 0 Å². The van der Waals surface area contributed by atoms with E-state index < -0.39 is 0 Å². The molecule has 1 N–H and O–H groups in total. The van der Waals surface area contributed by atoms with Crippen LogP contribution in [0.25, 0.3) is 0 Å². The minimum Gasteiger partial charge on any atom is -0.393 e. The molecule has 2 heteroatoms. The predicted molar refractivity (Wildman–Crippen MR) is 82.7 cm³/mol. The van der Waals surface area contributed by atoms with Gasteiger partial charge in [-0.15, -0.1) is 0 Å². The van der Waals surface area contributed by atoms with E-state index >= 15 is 0 Å². The first kappa shape index (κ1) is 14.0. The van der Waals surface area contributed by atoms with Gasteiger partial charge in [0.25, 0.3) is 0 Å². The van der Waals surface area contributed by atoms with Crippen LogP contribution in [-0.4, -0.2) is 17.0 Å². The molecule has 21 heavy (non-hydrogen) atoms. The van der Waals surface area contributed by atoms with Crippen LogP contribution in [0.1, 0.15) is 65.2 Å². The fraction of sp³-hybridized carbons (Fsp3) is 0.842. The van der Waals surface area contributed by atoms with Gasteiger partial charge in [0.15, 0.2) is 0 Å². The van der Waals surface area contributed by atoms with Gasteiger partial charge in [0, 0.05) is 12.8 Å². The second kappa shape index (κ2) is 4.68. The molecule has 2 nitrogen and oxygen atoms in total. The molecule has 0 radical (unpaired) electrons. The van der Waals surface area contributed by atoms with Crippen LogP contribution in [0.15, 0.2) is 11.1 Å². The molecule has 0 bridgehead atoms. The zero-order valence-electron chi connectivity index (χ0n) is 13.4. The van der Waals surface area contributed by atoms with E-state index in [1.165, 1.54) is 24.8 Å². The summed E-state index contributed by atoms with van der Waals surface area (Å²) in [6, 6.07) is 0. The van der Waals surface area contributed by atoms with E-state index in [9.17, 15) is 9.90 Å². The summed E-state index contributed by atoms with van der Waals surface area (Å²) < 4.78 is 0. The molecular weight excluding hydrogens is 260 g/mol. The van der Waals surface area contributed by atoms with Gasteiger partial charge in [-0.25, -0.2) is 0 Å². The van der Waals surface area contributed by atoms with E-state index in [4.69, 9.17) is 0 Å². The van der Waals surface area contributed by atoms with Gasteiger partial charge >= 0.3 is 0 Å². The maximum absolute atomic E-state index is 11.8. The summed E-state index contributed by atoms with van der Waals surface area (Å²) in [5.41, 5.74) is 3.33. The van der Waals surface area contributed by atoms with E-state index in [1.807, 2.05) is 0 Å². The number of aliphatic hydroxyl groups excluding tert-OH is 1. The Morgan fingerprint density at radius 3 is 2.76 bits per heavy atom. The molecule has 4 aliphatic carbocycles. The van der Waals surface area contributed by atoms with Crippen molar-refractivity contribution in [3.05, 3.63) is 11.1 Å². The van der Waals surface area contributed by atoms with Crippen LogP contribution < -0.4 is 0 Å². The van der Waals surface area contributed by atoms with Crippen LogP contribution in [-0.2, 0) is 4.79 Å². The summed E-state index contributed by atoms with van der Waals surface area (Å²) in [4.78, 5) is 11.8. The molecule has 2 fully saturated rings. The van der Waals surface area contributed by atoms with Crippen molar-refractivity contribution in [2.75, 3.05) is 0 Å². The summed E-state index contributed by atoms with van der Waals surface area (Å²) in [6.07, 6.45) is 8.26. The highest BCUT2D eigenvalue weighted by Crippen LogP contribution is 2.62. The number of carbonyl (C=O) groups excluding carboxylic acids is 1. The lowest BCUT2D eigenvalue weighted by Crippen LogP contribution is -2.48. The first-order valence-corrected chi connectivity index (χ1v) is 8.91. The van der Waals surface area contributed by atoms with E-state index in [1.54, 1.807) is 5.57 Å². The molecule has 4 rings (SSSR count). The van der Waals surface area contributed by atoms with Gasteiger partial charge in [-0.3, -0.25) is 4.79 Å². The standard InChI is InChI=1S/C19H28O2/c1-11-10-19(2)16(7-8-17(19)21)15-5-3-12-9-13(20)4-6-14(12)18(11)15/h11,15-18,21H,3-10H2,1-2H3/t11-,15-,16-,17-,18+,19-/m0/s1. The number of hydrogen-bond donors (Lipinski definition) is 1. The summed E-state index contributed by atoms with van der Waals surface area (Å²) in [5, 5.41) is 10.5. The molecule has 0 amide bonds. The summed E-state index contributed by atoms with van der Waals surface area (Å²) >= 11 is 0. The Hall–Kier alpha value is -0.630. The third kappa shape index (κ3) is 1.91. The molecule has 6 atom stereocenters. The molecule has 0 aromatic carbocycles. The number of fused-ring (bicyclic) bond motifs is 4. The Balaban J connectivity index is 1.70. The lowest BCUT2D eigenvalue weighted by Gasteiger charge is -2.54. The molecule has 2 saturated carbocycles. The van der Waals surface area contributed by atoms with Gasteiger partial charge in [0.05, 0.1) is 6.10 Å². The van der Waals surface area contributed by atoms with Gasteiger partial charge in [0.1, 0.15) is 5.78 Å². The molecule has 0 saturated heterocycles. The Labute approximate surface area is 128 Å². The van der Waals surface area contributed by atoms with Crippen molar-refractivity contribution in [3.63, 3.8) is 0 Å². The molecule has 0 unspecified atom stereocenters. The fourth-order valence-corrected chi connectivity index (χ4v) is 6.59. The topological polar surface area (TPSA) is 37.3 Å². The molecule has 0 aromatic rings. The van der Waals surface area contributed by atoms with Gasteiger partial charge in [0.2, 0.25) is 0 Å². The van der Waals surface area contributed by atoms with Gasteiger partial charge in [-0.1, -0.05) is 25.0 Å². The SMILES string of the molecule is C[C@H]1C[C@]2(C)[C@@H](O)CC[C@H]2[C@@H]2CCC3=C(CCC(=O)C3)[C@H]21. The third-order valence-corrected chi connectivity index (χ3v) is 7.43. The molecule has 116 valence electrons. The number of hydrogen-bond acceptors (Lipinski definition) is 2. The van der Waals surface area contributed by atoms with Gasteiger partial charge in [-0.2, -0.15) is 0 Å². The molecule has 0 spiro atoms. The second-order valence-corrected chi connectivity index (χ2v) is 8.46. The first-order valence-electron chi connectivity index (χ1n) is 8.91. The summed E-state index contributed by atoms with van der Waals surface area (Å²) in [5.74, 6) is 3.31. The molecule has 0 heterocycles. The lowest BCUT2D eigenvalue weighted by atomic mass is 9.51. The Bertz CT molecular complexity index is 506. The minimum absolute atomic E-state index is 0.0887. The average molecular weight is 288 g/mol. The highest BCUT2D eigenvalue weighted by Gasteiger charge is 2.56. The third-order valence-electron chi connectivity index (χ3n) is 7.43. The maximum Gasteiger partial charge on any atom is 0.137 e. The van der Waals surface area contributed by atoms with Crippen LogP contribution >= 0.6 is 0 Å². The van der Waals surface area contributed by atoms with Crippen molar-refractivity contribution in [1.82, 2.24) is 0 Å². The number of rotatable bonds is 0. The molecular formula is C19H28O2. The quantitative estimate of drug-likeness (QED) is 0.687. The number of allylic oxidation sites excluding steroid dienone is 2. The lowest BCUT2D eigenvalue weighted by molar-refractivity contribution is -0.119. The number of aliphatic hydroxyl groups is 1. The van der Waals surface area contributed by atoms with E-state index in [2.05, 4.69) is 13.8 Å². The molecule has 0 aromatic heterocycles. The van der Waals surface area contributed by atoms with Crippen molar-refractivity contribution >= 4 is 5.78 Å². The second-order valence-electron chi connectivity index (χ2n) is 8.46. The number of Topliss-reactive ketones (excluding diaryl/α,β-unsaturated/α-hetero) is 1. The van der Waals surface area contributed by atoms with Crippen molar-refractivity contribution in [2.24, 2.45) is 29.1 Å². The van der Waals surface area contributed by atoms with Crippen molar-refractivity contribution in [2.45, 2.75) is 71.3 Å². The first-order chi connectivity index (χ1) is 10.0. The normalized spacial score (nSPS) is 49.7. The number of carbonyl (C=O) groups is 1. The largest absolute Gasteiger partial charge is 0.393 e. The Morgan fingerprint density at radius 2 is 1.95 bits per heavy atom. The fourth-order valence-electron chi connectivity index (χ4n) is 6.59. The average Bonchev–Trinajstić information content (AvgIpc) is 2.74.